The quantitative estimate of drug-likeness (QED) is 0.0732. The molecule has 0 unspecified atom stereocenters. The zero-order valence-corrected chi connectivity index (χ0v) is 49.9. The lowest BCUT2D eigenvalue weighted by molar-refractivity contribution is -0.147. The van der Waals surface area contributed by atoms with Crippen molar-refractivity contribution in [1.29, 1.82) is 0 Å². The summed E-state index contributed by atoms with van der Waals surface area (Å²) in [4.78, 5) is 190. The van der Waals surface area contributed by atoms with Crippen molar-refractivity contribution in [2.75, 3.05) is 176 Å². The summed E-state index contributed by atoms with van der Waals surface area (Å²) in [6, 6.07) is 15.9. The lowest BCUT2D eigenvalue weighted by atomic mass is 9.98. The minimum absolute atomic E-state index is 0.0224. The van der Waals surface area contributed by atoms with Crippen molar-refractivity contribution in [3.05, 3.63) is 59.7 Å². The highest BCUT2D eigenvalue weighted by Crippen LogP contribution is 2.44. The molecule has 0 heterocycles. The lowest BCUT2D eigenvalue weighted by Gasteiger charge is -2.27. The van der Waals surface area contributed by atoms with Crippen LogP contribution in [-0.4, -0.2) is 323 Å². The molecule has 0 radical (unpaired) electrons. The van der Waals surface area contributed by atoms with Gasteiger partial charge in [0.25, 0.3) is 0 Å². The van der Waals surface area contributed by atoms with Crippen molar-refractivity contribution in [3.63, 3.8) is 0 Å². The first kappa shape index (κ1) is 69.1. The molecule has 2 N–H and O–H groups in total. The topological polar surface area (TPSA) is 319 Å². The number of nitrogens with one attached hydrogen (secondary N) is 1. The Hall–Kier alpha value is -9.18. The van der Waals surface area contributed by atoms with E-state index in [1.54, 1.807) is 0 Å². The monoisotopic (exact) mass is 1180 g/mol. The molecule has 84 heavy (non-hydrogen) atoms. The normalized spacial score (nSPS) is 11.1. The second-order valence-corrected chi connectivity index (χ2v) is 20.7. The molecule has 3 rings (SSSR count). The van der Waals surface area contributed by atoms with Gasteiger partial charge in [0.2, 0.25) is 70.9 Å². The zero-order chi connectivity index (χ0) is 63.3. The largest absolute Gasteiger partial charge is 0.480 e. The van der Waals surface area contributed by atoms with Crippen LogP contribution in [0.1, 0.15) is 29.9 Å². The number of nitrogens with zero attached hydrogens (tertiary/aromatic N) is 12. The van der Waals surface area contributed by atoms with Gasteiger partial charge in [-0.1, -0.05) is 48.5 Å². The Balaban J connectivity index is 1.32. The standard InChI is InChI=1S/C55H79N13O16/c1-57(42(69)22-17-23-56-55(83)84-36-41-39-20-15-13-18-37(39)38-19-14-16-21-40(38)41)24-43(70)58(2)25-44(71)59(3)26-45(72)60(4)27-46(73)61(5)28-47(74)62(6)29-48(75)63(7)30-49(76)64(8)31-50(77)65(9)32-51(78)66(10)33-52(79)67(11)34-53(80)68(12)35-54(81)82/h13-16,18-21,41H,17,22-36H2,1-12H3,(H,56,83)(H,81,82). The van der Waals surface area contributed by atoms with Crippen LogP contribution in [0, 0.1) is 0 Å². The van der Waals surface area contributed by atoms with Gasteiger partial charge in [0, 0.05) is 103 Å². The van der Waals surface area contributed by atoms with Crippen LogP contribution in [0.25, 0.3) is 11.1 Å². The van der Waals surface area contributed by atoms with Gasteiger partial charge in [-0.25, -0.2) is 4.79 Å². The highest BCUT2D eigenvalue weighted by atomic mass is 16.5. The molecule has 1 aliphatic rings. The van der Waals surface area contributed by atoms with E-state index >= 15 is 0 Å². The Morgan fingerprint density at radius 2 is 0.583 bits per heavy atom. The fourth-order valence-electron chi connectivity index (χ4n) is 8.09. The summed E-state index contributed by atoms with van der Waals surface area (Å²) in [5.74, 6) is -8.69. The zero-order valence-electron chi connectivity index (χ0n) is 49.9. The van der Waals surface area contributed by atoms with Gasteiger partial charge in [0.05, 0.1) is 72.0 Å². The van der Waals surface area contributed by atoms with Crippen molar-refractivity contribution in [2.45, 2.75) is 18.8 Å². The number of hydrogen-bond acceptors (Lipinski definition) is 15. The average Bonchev–Trinajstić information content (AvgIpc) is 1.99. The number of carboxylic acids is 1. The van der Waals surface area contributed by atoms with Crippen LogP contribution in [0.5, 0.6) is 0 Å². The minimum Gasteiger partial charge on any atom is -0.480 e. The molecule has 0 atom stereocenters. The molecule has 13 amide bonds. The summed E-state index contributed by atoms with van der Waals surface area (Å²) < 4.78 is 5.54. The van der Waals surface area contributed by atoms with E-state index in [9.17, 15) is 67.1 Å². The molecule has 0 spiro atoms. The number of hydrogen-bond donors (Lipinski definition) is 2. The number of fused-ring (bicyclic) bond motifs is 3. The van der Waals surface area contributed by atoms with E-state index in [2.05, 4.69) is 5.32 Å². The summed E-state index contributed by atoms with van der Waals surface area (Å²) in [6.45, 7) is -5.30. The summed E-state index contributed by atoms with van der Waals surface area (Å²) in [6.07, 6.45) is -0.317. The van der Waals surface area contributed by atoms with Gasteiger partial charge in [0.1, 0.15) is 13.2 Å². The minimum atomic E-state index is -1.23. The molecular formula is C55H79N13O16. The number of carbonyl (C=O) groups excluding carboxylic acids is 13. The van der Waals surface area contributed by atoms with Crippen molar-refractivity contribution in [1.82, 2.24) is 64.1 Å². The summed E-state index contributed by atoms with van der Waals surface area (Å²) >= 11 is 0. The van der Waals surface area contributed by atoms with E-state index in [1.165, 1.54) is 89.5 Å². The molecule has 29 heteroatoms. The van der Waals surface area contributed by atoms with Crippen LogP contribution in [-0.2, 0) is 67.1 Å². The predicted molar refractivity (Wildman–Crippen MR) is 302 cm³/mol. The second kappa shape index (κ2) is 32.5. The van der Waals surface area contributed by atoms with E-state index in [-0.39, 0.29) is 44.4 Å². The smallest absolute Gasteiger partial charge is 0.407 e. The van der Waals surface area contributed by atoms with Gasteiger partial charge >= 0.3 is 12.1 Å². The van der Waals surface area contributed by atoms with Crippen LogP contribution in [0.2, 0.25) is 0 Å². The van der Waals surface area contributed by atoms with Crippen molar-refractivity contribution >= 4 is 82.9 Å². The van der Waals surface area contributed by atoms with E-state index in [0.717, 1.165) is 76.2 Å². The Labute approximate surface area is 488 Å². The lowest BCUT2D eigenvalue weighted by Crippen LogP contribution is -2.49. The third-order valence-corrected chi connectivity index (χ3v) is 13.8. The van der Waals surface area contributed by atoms with Crippen LogP contribution >= 0.6 is 0 Å². The van der Waals surface area contributed by atoms with E-state index < -0.39 is 149 Å². The van der Waals surface area contributed by atoms with Crippen molar-refractivity contribution < 1.29 is 77.0 Å². The SMILES string of the molecule is CN(CC(=O)O)C(=O)CN(C)C(=O)CN(C)C(=O)CN(C)C(=O)CN(C)C(=O)CN(C)C(=O)CN(C)C(=O)CN(C)C(=O)CN(C)C(=O)CN(C)C(=O)CN(C)C(=O)CN(C)C(=O)CCCNC(=O)OCC1c2ccccc2-c2ccccc21. The molecule has 1 aliphatic carbocycles. The van der Waals surface area contributed by atoms with Gasteiger partial charge < -0.3 is 74.0 Å². The number of carboxylic acid groups (broad SMARTS) is 1. The average molecular weight is 1180 g/mol. The summed E-state index contributed by atoms with van der Waals surface area (Å²) in [5, 5.41) is 11.5. The van der Waals surface area contributed by atoms with Gasteiger partial charge in [-0.15, -0.1) is 0 Å². The van der Waals surface area contributed by atoms with E-state index in [4.69, 9.17) is 9.84 Å². The highest BCUT2D eigenvalue weighted by molar-refractivity contribution is 5.95. The third kappa shape index (κ3) is 21.3. The number of alkyl carbamates (subject to hydrolysis) is 1. The number of likely N-dealkylation sites (N-methyl/N-ethyl adjacent to an activating group) is 12. The molecule has 0 aliphatic heterocycles. The number of aliphatic carboxylic acids is 1. The summed E-state index contributed by atoms with van der Waals surface area (Å²) in [7, 11) is 15.8. The molecule has 2 aromatic carbocycles. The maximum atomic E-state index is 13.1. The molecular weight excluding hydrogens is 1100 g/mol. The molecule has 0 aromatic heterocycles. The second-order valence-electron chi connectivity index (χ2n) is 20.7. The number of carbonyl (C=O) groups is 14. The Morgan fingerprint density at radius 3 is 0.833 bits per heavy atom. The molecule has 0 saturated carbocycles. The number of ether oxygens (including phenoxy) is 1. The predicted octanol–water partition coefficient (Wildman–Crippen LogP) is -3.11. The highest BCUT2D eigenvalue weighted by Gasteiger charge is 2.31. The van der Waals surface area contributed by atoms with Crippen molar-refractivity contribution in [2.24, 2.45) is 0 Å². The maximum Gasteiger partial charge on any atom is 0.407 e. The van der Waals surface area contributed by atoms with Gasteiger partial charge in [0.15, 0.2) is 0 Å². The Kier molecular flexibility index (Phi) is 26.7. The fraction of sp³-hybridized carbons (Fsp3) is 0.527. The third-order valence-electron chi connectivity index (χ3n) is 13.8. The van der Waals surface area contributed by atoms with Crippen LogP contribution < -0.4 is 5.32 Å². The summed E-state index contributed by atoms with van der Waals surface area (Å²) in [5.41, 5.74) is 4.37. The maximum absolute atomic E-state index is 13.1. The molecule has 0 fully saturated rings. The Bertz CT molecular complexity index is 2750. The molecule has 0 bridgehead atoms. The van der Waals surface area contributed by atoms with Gasteiger partial charge in [-0.2, -0.15) is 0 Å². The van der Waals surface area contributed by atoms with Crippen LogP contribution in [0.3, 0.4) is 0 Å². The molecule has 2 aromatic rings. The van der Waals surface area contributed by atoms with Gasteiger partial charge in [-0.3, -0.25) is 62.3 Å². The first-order valence-corrected chi connectivity index (χ1v) is 26.5. The molecule has 0 saturated heterocycles. The van der Waals surface area contributed by atoms with Crippen molar-refractivity contribution in [3.8, 4) is 11.1 Å². The molecule has 29 nitrogen and oxygen atoms in total. The van der Waals surface area contributed by atoms with Crippen LogP contribution in [0.4, 0.5) is 4.79 Å². The first-order valence-electron chi connectivity index (χ1n) is 26.5. The van der Waals surface area contributed by atoms with E-state index in [1.807, 2.05) is 48.5 Å². The number of rotatable bonds is 30. The van der Waals surface area contributed by atoms with Gasteiger partial charge in [-0.05, 0) is 28.7 Å². The van der Waals surface area contributed by atoms with E-state index in [0.29, 0.717) is 0 Å². The first-order chi connectivity index (χ1) is 39.3. The number of benzene rings is 2. The van der Waals surface area contributed by atoms with Crippen LogP contribution in [0.15, 0.2) is 48.5 Å². The number of amides is 13. The Morgan fingerprint density at radius 1 is 0.357 bits per heavy atom. The molecule has 460 valence electrons. The fourth-order valence-corrected chi connectivity index (χ4v) is 8.09.